The molecular formula is C22H21N5O3. The van der Waals surface area contributed by atoms with E-state index in [2.05, 4.69) is 15.4 Å². The van der Waals surface area contributed by atoms with Crippen LogP contribution >= 0.6 is 0 Å². The Morgan fingerprint density at radius 2 is 1.93 bits per heavy atom. The summed E-state index contributed by atoms with van der Waals surface area (Å²) in [5.41, 5.74) is 2.78. The molecule has 0 radical (unpaired) electrons. The second-order valence-corrected chi connectivity index (χ2v) is 7.13. The second-order valence-electron chi connectivity index (χ2n) is 7.13. The van der Waals surface area contributed by atoms with Crippen LogP contribution in [0.4, 0.5) is 11.5 Å². The quantitative estimate of drug-likeness (QED) is 0.704. The lowest BCUT2D eigenvalue weighted by Crippen LogP contribution is -2.33. The number of aromatic nitrogens is 3. The number of fused-ring (bicyclic) bond motifs is 1. The van der Waals surface area contributed by atoms with Gasteiger partial charge in [0.05, 0.1) is 6.54 Å². The zero-order valence-corrected chi connectivity index (χ0v) is 16.5. The third kappa shape index (κ3) is 4.12. The van der Waals surface area contributed by atoms with Crippen LogP contribution in [0, 0.1) is 6.92 Å². The molecule has 152 valence electrons. The Balaban J connectivity index is 1.44. The highest BCUT2D eigenvalue weighted by Gasteiger charge is 2.26. The molecule has 1 aliphatic heterocycles. The zero-order valence-electron chi connectivity index (χ0n) is 16.5. The lowest BCUT2D eigenvalue weighted by Gasteiger charge is -2.17. The van der Waals surface area contributed by atoms with Crippen molar-refractivity contribution >= 4 is 23.3 Å². The third-order valence-electron chi connectivity index (χ3n) is 4.95. The molecule has 0 fully saturated rings. The fraction of sp³-hybridized carbons (Fsp3) is 0.227. The maximum absolute atomic E-state index is 12.9. The first-order valence-electron chi connectivity index (χ1n) is 9.72. The van der Waals surface area contributed by atoms with Crippen LogP contribution in [0.1, 0.15) is 28.0 Å². The average molecular weight is 403 g/mol. The summed E-state index contributed by atoms with van der Waals surface area (Å²) in [6.07, 6.45) is 2.48. The molecular weight excluding hydrogens is 382 g/mol. The highest BCUT2D eigenvalue weighted by Crippen LogP contribution is 2.28. The summed E-state index contributed by atoms with van der Waals surface area (Å²) in [7, 11) is 0. The Labute approximate surface area is 173 Å². The van der Waals surface area contributed by atoms with Crippen molar-refractivity contribution in [3.8, 4) is 0 Å². The largest absolute Gasteiger partial charge is 0.311 e. The van der Waals surface area contributed by atoms with Crippen LogP contribution in [0.2, 0.25) is 0 Å². The first-order chi connectivity index (χ1) is 14.5. The number of hydrogen-bond acceptors (Lipinski definition) is 5. The molecule has 0 saturated heterocycles. The molecule has 8 heteroatoms. The van der Waals surface area contributed by atoms with E-state index in [0.29, 0.717) is 12.4 Å². The number of nitrogens with zero attached hydrogens (tertiary/aromatic N) is 4. The van der Waals surface area contributed by atoms with Crippen LogP contribution < -0.4 is 15.8 Å². The molecule has 0 saturated carbocycles. The molecule has 1 aliphatic rings. The van der Waals surface area contributed by atoms with Gasteiger partial charge in [0.1, 0.15) is 11.5 Å². The summed E-state index contributed by atoms with van der Waals surface area (Å²) in [6, 6.07) is 14.0. The maximum atomic E-state index is 12.9. The van der Waals surface area contributed by atoms with E-state index in [1.54, 1.807) is 17.2 Å². The van der Waals surface area contributed by atoms with Gasteiger partial charge in [-0.3, -0.25) is 14.4 Å². The van der Waals surface area contributed by atoms with E-state index >= 15 is 0 Å². The predicted molar refractivity (Wildman–Crippen MR) is 113 cm³/mol. The van der Waals surface area contributed by atoms with E-state index < -0.39 is 0 Å². The smallest absolute Gasteiger partial charge is 0.278 e. The molecule has 0 unspecified atom stereocenters. The van der Waals surface area contributed by atoms with Crippen LogP contribution in [0.3, 0.4) is 0 Å². The average Bonchev–Trinajstić information content (AvgIpc) is 3.18. The van der Waals surface area contributed by atoms with Gasteiger partial charge in [-0.1, -0.05) is 24.3 Å². The van der Waals surface area contributed by atoms with Crippen molar-refractivity contribution in [2.24, 2.45) is 0 Å². The molecule has 3 aromatic rings. The molecule has 4 rings (SSSR count). The van der Waals surface area contributed by atoms with E-state index in [0.717, 1.165) is 27.9 Å². The molecule has 1 N–H and O–H groups in total. The van der Waals surface area contributed by atoms with Crippen LogP contribution in [-0.2, 0) is 17.8 Å². The summed E-state index contributed by atoms with van der Waals surface area (Å²) in [5, 5.41) is 6.88. The first kappa shape index (κ1) is 19.5. The number of aryl methyl sites for hydroxylation is 2. The Hall–Kier alpha value is -3.81. The first-order valence-corrected chi connectivity index (χ1v) is 9.72. The number of rotatable bonds is 5. The van der Waals surface area contributed by atoms with Crippen LogP contribution in [0.25, 0.3) is 0 Å². The molecule has 0 aliphatic carbocycles. The summed E-state index contributed by atoms with van der Waals surface area (Å²) >= 11 is 0. The Bertz CT molecular complexity index is 1150. The lowest BCUT2D eigenvalue weighted by atomic mass is 10.2. The molecule has 0 bridgehead atoms. The number of para-hydroxylation sites is 1. The van der Waals surface area contributed by atoms with E-state index in [1.807, 2.05) is 37.3 Å². The van der Waals surface area contributed by atoms with Crippen LogP contribution in [-0.4, -0.2) is 33.1 Å². The van der Waals surface area contributed by atoms with Gasteiger partial charge in [-0.25, -0.2) is 9.67 Å². The standard InChI is InChI=1S/C22H21N5O3/c1-15-6-8-19(23-14-15)24-20(28)11-13-27-21(29)9-7-17(25-27)22(30)26-12-10-16-4-2-3-5-18(16)26/h2-9,14H,10-13H2,1H3,(H,23,24,28). The number of hydrogen-bond donors (Lipinski definition) is 1. The fourth-order valence-corrected chi connectivity index (χ4v) is 3.37. The van der Waals surface area contributed by atoms with E-state index in [9.17, 15) is 14.4 Å². The number of nitrogens with one attached hydrogen (secondary N) is 1. The fourth-order valence-electron chi connectivity index (χ4n) is 3.37. The van der Waals surface area contributed by atoms with Gasteiger partial charge in [-0.2, -0.15) is 5.10 Å². The van der Waals surface area contributed by atoms with Gasteiger partial charge in [0.15, 0.2) is 0 Å². The molecule has 0 atom stereocenters. The van der Waals surface area contributed by atoms with E-state index in [-0.39, 0.29) is 36.0 Å². The molecule has 30 heavy (non-hydrogen) atoms. The van der Waals surface area contributed by atoms with Crippen molar-refractivity contribution in [1.82, 2.24) is 14.8 Å². The third-order valence-corrected chi connectivity index (χ3v) is 4.95. The maximum Gasteiger partial charge on any atom is 0.278 e. The van der Waals surface area contributed by atoms with Gasteiger partial charge in [0.25, 0.3) is 11.5 Å². The summed E-state index contributed by atoms with van der Waals surface area (Å²) in [4.78, 5) is 43.1. The van der Waals surface area contributed by atoms with Crippen molar-refractivity contribution in [2.45, 2.75) is 26.3 Å². The van der Waals surface area contributed by atoms with Gasteiger partial charge in [-0.15, -0.1) is 0 Å². The minimum absolute atomic E-state index is 0.0344. The minimum Gasteiger partial charge on any atom is -0.311 e. The van der Waals surface area contributed by atoms with Crippen molar-refractivity contribution in [3.05, 3.63) is 81.9 Å². The number of amides is 2. The molecule has 2 amide bonds. The van der Waals surface area contributed by atoms with E-state index in [1.165, 1.54) is 12.1 Å². The van der Waals surface area contributed by atoms with Crippen molar-refractivity contribution in [2.75, 3.05) is 16.8 Å². The number of benzene rings is 1. The van der Waals surface area contributed by atoms with E-state index in [4.69, 9.17) is 0 Å². The monoisotopic (exact) mass is 403 g/mol. The topological polar surface area (TPSA) is 97.2 Å². The normalized spacial score (nSPS) is 12.5. The van der Waals surface area contributed by atoms with Crippen molar-refractivity contribution in [1.29, 1.82) is 0 Å². The summed E-state index contributed by atoms with van der Waals surface area (Å²) < 4.78 is 1.15. The highest BCUT2D eigenvalue weighted by atomic mass is 16.2. The van der Waals surface area contributed by atoms with Crippen LogP contribution in [0.5, 0.6) is 0 Å². The van der Waals surface area contributed by atoms with Gasteiger partial charge < -0.3 is 10.2 Å². The van der Waals surface area contributed by atoms with Gasteiger partial charge in [-0.05, 0) is 42.7 Å². The highest BCUT2D eigenvalue weighted by molar-refractivity contribution is 6.05. The van der Waals surface area contributed by atoms with Gasteiger partial charge in [0.2, 0.25) is 5.91 Å². The molecule has 1 aromatic carbocycles. The minimum atomic E-state index is -0.366. The van der Waals surface area contributed by atoms with Crippen LogP contribution in [0.15, 0.2) is 59.5 Å². The molecule has 2 aromatic heterocycles. The van der Waals surface area contributed by atoms with Gasteiger partial charge >= 0.3 is 0 Å². The Morgan fingerprint density at radius 3 is 2.73 bits per heavy atom. The lowest BCUT2D eigenvalue weighted by molar-refractivity contribution is -0.116. The zero-order chi connectivity index (χ0) is 21.1. The molecule has 0 spiro atoms. The molecule has 8 nitrogen and oxygen atoms in total. The summed E-state index contributed by atoms with van der Waals surface area (Å²) in [5.74, 6) is -0.102. The van der Waals surface area contributed by atoms with Crippen molar-refractivity contribution in [3.63, 3.8) is 0 Å². The van der Waals surface area contributed by atoms with Gasteiger partial charge in [0, 0.05) is 30.9 Å². The predicted octanol–water partition coefficient (Wildman–Crippen LogP) is 2.18. The van der Waals surface area contributed by atoms with Crippen molar-refractivity contribution < 1.29 is 9.59 Å². The molecule has 3 heterocycles. The number of carbonyl (C=O) groups excluding carboxylic acids is 2. The number of anilines is 2. The number of carbonyl (C=O) groups is 2. The Morgan fingerprint density at radius 1 is 1.10 bits per heavy atom. The Kier molecular flexibility index (Phi) is 5.38. The number of pyridine rings is 1. The SMILES string of the molecule is Cc1ccc(NC(=O)CCn2nc(C(=O)N3CCc4ccccc43)ccc2=O)nc1. The second kappa shape index (κ2) is 8.28. The summed E-state index contributed by atoms with van der Waals surface area (Å²) in [6.45, 7) is 2.55.